The van der Waals surface area contributed by atoms with Crippen LogP contribution < -0.4 is 5.56 Å². The maximum Gasteiger partial charge on any atom is 0.308 e. The van der Waals surface area contributed by atoms with Crippen LogP contribution in [0.5, 0.6) is 0 Å². The van der Waals surface area contributed by atoms with Crippen molar-refractivity contribution in [3.8, 4) is 0 Å². The van der Waals surface area contributed by atoms with Crippen molar-refractivity contribution in [2.45, 2.75) is 38.1 Å². The van der Waals surface area contributed by atoms with Crippen molar-refractivity contribution >= 4 is 17.7 Å². The summed E-state index contributed by atoms with van der Waals surface area (Å²) in [7, 11) is 0. The van der Waals surface area contributed by atoms with Gasteiger partial charge in [0, 0.05) is 50.4 Å². The molecule has 8 heteroatoms. The Morgan fingerprint density at radius 2 is 1.93 bits per heavy atom. The number of hydrogen-bond donors (Lipinski definition) is 1. The quantitative estimate of drug-likeness (QED) is 0.724. The molecule has 8 nitrogen and oxygen atoms in total. The van der Waals surface area contributed by atoms with E-state index in [9.17, 15) is 19.2 Å². The van der Waals surface area contributed by atoms with Gasteiger partial charge in [-0.2, -0.15) is 0 Å². The second-order valence-electron chi connectivity index (χ2n) is 8.62. The fourth-order valence-electron chi connectivity index (χ4n) is 5.12. The van der Waals surface area contributed by atoms with E-state index in [1.807, 2.05) is 10.6 Å². The van der Waals surface area contributed by atoms with Crippen LogP contribution in [0.3, 0.4) is 0 Å². The molecule has 1 amide bonds. The van der Waals surface area contributed by atoms with Crippen molar-refractivity contribution in [2.24, 2.45) is 11.8 Å². The van der Waals surface area contributed by atoms with Gasteiger partial charge < -0.3 is 14.6 Å². The van der Waals surface area contributed by atoms with Crippen LogP contribution in [0.2, 0.25) is 0 Å². The minimum Gasteiger partial charge on any atom is -0.481 e. The molecule has 3 unspecified atom stereocenters. The third kappa shape index (κ3) is 4.27. The van der Waals surface area contributed by atoms with Gasteiger partial charge in [-0.15, -0.1) is 0 Å². The summed E-state index contributed by atoms with van der Waals surface area (Å²) < 4.78 is 1.86. The fraction of sp³-hybridized carbons (Fsp3) is 0.619. The maximum atomic E-state index is 12.5. The first-order valence-corrected chi connectivity index (χ1v) is 10.3. The molecule has 1 aromatic heterocycles. The summed E-state index contributed by atoms with van der Waals surface area (Å²) in [6, 6.07) is 5.37. The number of fused-ring (bicyclic) bond motifs is 4. The number of carboxylic acids is 1. The van der Waals surface area contributed by atoms with Crippen LogP contribution in [0.4, 0.5) is 0 Å². The molecule has 0 radical (unpaired) electrons. The fourth-order valence-corrected chi connectivity index (χ4v) is 5.12. The zero-order chi connectivity index (χ0) is 20.5. The van der Waals surface area contributed by atoms with Crippen molar-refractivity contribution in [1.29, 1.82) is 0 Å². The number of ketones is 1. The van der Waals surface area contributed by atoms with Gasteiger partial charge in [0.05, 0.1) is 18.9 Å². The van der Waals surface area contributed by atoms with Crippen molar-refractivity contribution in [3.63, 3.8) is 0 Å². The lowest BCUT2D eigenvalue weighted by Crippen LogP contribution is -2.49. The summed E-state index contributed by atoms with van der Waals surface area (Å²) in [6.07, 6.45) is 2.09. The highest BCUT2D eigenvalue weighted by atomic mass is 16.4. The Bertz CT molecular complexity index is 879. The summed E-state index contributed by atoms with van der Waals surface area (Å²) >= 11 is 0. The van der Waals surface area contributed by atoms with E-state index >= 15 is 0 Å². The predicted molar refractivity (Wildman–Crippen MR) is 105 cm³/mol. The van der Waals surface area contributed by atoms with Crippen LogP contribution >= 0.6 is 0 Å². The minimum absolute atomic E-state index is 0.0357. The molecular formula is C21H27N3O5. The molecule has 1 aromatic rings. The van der Waals surface area contributed by atoms with E-state index in [1.54, 1.807) is 12.1 Å². The Labute approximate surface area is 169 Å². The van der Waals surface area contributed by atoms with Gasteiger partial charge in [0.1, 0.15) is 0 Å². The lowest BCUT2D eigenvalue weighted by molar-refractivity contribution is -0.146. The van der Waals surface area contributed by atoms with Crippen molar-refractivity contribution in [2.75, 3.05) is 32.7 Å². The van der Waals surface area contributed by atoms with E-state index in [0.29, 0.717) is 38.4 Å². The van der Waals surface area contributed by atoms with Crippen molar-refractivity contribution < 1.29 is 19.5 Å². The van der Waals surface area contributed by atoms with Crippen molar-refractivity contribution in [3.05, 3.63) is 34.2 Å². The Kier molecular flexibility index (Phi) is 5.54. The number of amides is 1. The average Bonchev–Trinajstić information content (AvgIpc) is 2.68. The van der Waals surface area contributed by atoms with Gasteiger partial charge >= 0.3 is 5.97 Å². The molecule has 4 rings (SSSR count). The molecule has 2 fully saturated rings. The lowest BCUT2D eigenvalue weighted by Gasteiger charge is -2.42. The summed E-state index contributed by atoms with van der Waals surface area (Å²) in [5.41, 5.74) is 1.07. The molecule has 1 N–H and O–H groups in total. The van der Waals surface area contributed by atoms with Crippen LogP contribution in [-0.4, -0.2) is 69.9 Å². The number of Topliss-reactive ketones (excluding diaryl/α,β-unsaturated/α-hetero) is 1. The standard InChI is InChI=1S/C21H27N3O5/c25-17(8-20(27)23-6-2-3-15(12-23)21(28)29)13-22-9-14-7-16(11-22)18-4-1-5-19(26)24(18)10-14/h1,4-5,14-16H,2-3,6-13H2,(H,28,29). The van der Waals surface area contributed by atoms with Crippen LogP contribution in [-0.2, 0) is 20.9 Å². The first-order valence-electron chi connectivity index (χ1n) is 10.3. The number of rotatable bonds is 5. The highest BCUT2D eigenvalue weighted by molar-refractivity contribution is 5.99. The Balaban J connectivity index is 1.33. The summed E-state index contributed by atoms with van der Waals surface area (Å²) in [5.74, 6) is -1.24. The number of likely N-dealkylation sites (tertiary alicyclic amines) is 2. The van der Waals surface area contributed by atoms with E-state index in [2.05, 4.69) is 4.90 Å². The number of carbonyl (C=O) groups is 3. The predicted octanol–water partition coefficient (Wildman–Crippen LogP) is 0.550. The molecule has 0 aromatic carbocycles. The maximum absolute atomic E-state index is 12.5. The summed E-state index contributed by atoms with van der Waals surface area (Å²) in [4.78, 5) is 51.9. The Morgan fingerprint density at radius 1 is 1.10 bits per heavy atom. The van der Waals surface area contributed by atoms with Gasteiger partial charge in [-0.3, -0.25) is 24.1 Å². The van der Waals surface area contributed by atoms with E-state index in [4.69, 9.17) is 5.11 Å². The monoisotopic (exact) mass is 401 g/mol. The average molecular weight is 401 g/mol. The molecule has 4 heterocycles. The van der Waals surface area contributed by atoms with Gasteiger partial charge in [0.25, 0.3) is 5.56 Å². The molecule has 3 aliphatic heterocycles. The third-order valence-corrected chi connectivity index (χ3v) is 6.43. The SMILES string of the molecule is O=C(CC(=O)N1CCCC(C(=O)O)C1)CN1CC2CC(C1)c1cccc(=O)n1C2. The molecule has 0 saturated carbocycles. The number of carboxylic acid groups (broad SMARTS) is 1. The van der Waals surface area contributed by atoms with Gasteiger partial charge in [-0.1, -0.05) is 6.07 Å². The zero-order valence-corrected chi connectivity index (χ0v) is 16.5. The smallest absolute Gasteiger partial charge is 0.308 e. The minimum atomic E-state index is -0.881. The largest absolute Gasteiger partial charge is 0.481 e. The number of hydrogen-bond acceptors (Lipinski definition) is 5. The van der Waals surface area contributed by atoms with Crippen LogP contribution in [0.1, 0.15) is 37.3 Å². The second kappa shape index (κ2) is 8.10. The molecule has 156 valence electrons. The third-order valence-electron chi connectivity index (χ3n) is 6.43. The van der Waals surface area contributed by atoms with Gasteiger partial charge in [-0.25, -0.2) is 0 Å². The molecule has 2 saturated heterocycles. The highest BCUT2D eigenvalue weighted by Crippen LogP contribution is 2.34. The highest BCUT2D eigenvalue weighted by Gasteiger charge is 2.35. The van der Waals surface area contributed by atoms with E-state index in [0.717, 1.165) is 18.7 Å². The number of nitrogens with zero attached hydrogens (tertiary/aromatic N) is 3. The number of piperidine rings is 2. The van der Waals surface area contributed by atoms with E-state index < -0.39 is 11.9 Å². The number of aliphatic carboxylic acids is 1. The summed E-state index contributed by atoms with van der Waals surface area (Å²) in [5, 5.41) is 9.17. The molecular weight excluding hydrogens is 374 g/mol. The van der Waals surface area contributed by atoms with Gasteiger partial charge in [-0.05, 0) is 31.2 Å². The van der Waals surface area contributed by atoms with Crippen LogP contribution in [0.15, 0.2) is 23.0 Å². The van der Waals surface area contributed by atoms with E-state index in [-0.39, 0.29) is 42.7 Å². The van der Waals surface area contributed by atoms with Gasteiger partial charge in [0.15, 0.2) is 5.78 Å². The molecule has 2 bridgehead atoms. The molecule has 29 heavy (non-hydrogen) atoms. The van der Waals surface area contributed by atoms with Crippen LogP contribution in [0, 0.1) is 11.8 Å². The molecule has 3 aliphatic rings. The normalized spacial score (nSPS) is 26.6. The number of carbonyl (C=O) groups excluding carboxylic acids is 2. The second-order valence-corrected chi connectivity index (χ2v) is 8.62. The number of aromatic nitrogens is 1. The van der Waals surface area contributed by atoms with Gasteiger partial charge in [0.2, 0.25) is 5.91 Å². The molecule has 3 atom stereocenters. The zero-order valence-electron chi connectivity index (χ0n) is 16.5. The first-order chi connectivity index (χ1) is 13.9. The van der Waals surface area contributed by atoms with Crippen molar-refractivity contribution in [1.82, 2.24) is 14.4 Å². The lowest BCUT2D eigenvalue weighted by atomic mass is 9.83. The molecule has 0 aliphatic carbocycles. The van der Waals surface area contributed by atoms with E-state index in [1.165, 1.54) is 4.90 Å². The number of pyridine rings is 1. The molecule has 0 spiro atoms. The Morgan fingerprint density at radius 3 is 2.72 bits per heavy atom. The Hall–Kier alpha value is -2.48. The topological polar surface area (TPSA) is 99.9 Å². The van der Waals surface area contributed by atoms with Crippen LogP contribution in [0.25, 0.3) is 0 Å². The first kappa shape index (κ1) is 19.8. The summed E-state index contributed by atoms with van der Waals surface area (Å²) in [6.45, 7) is 3.09.